The zero-order valence-corrected chi connectivity index (χ0v) is 15.2. The first-order chi connectivity index (χ1) is 13.0. The highest BCUT2D eigenvalue weighted by Gasteiger charge is 2.27. The second kappa shape index (κ2) is 7.85. The van der Waals surface area contributed by atoms with Gasteiger partial charge in [-0.05, 0) is 5.56 Å². The number of piperazine rings is 1. The molecular weight excluding hydrogens is 350 g/mol. The van der Waals surface area contributed by atoms with Crippen LogP contribution in [-0.2, 0) is 18.4 Å². The highest BCUT2D eigenvalue weighted by molar-refractivity contribution is 5.98. The van der Waals surface area contributed by atoms with Gasteiger partial charge in [-0.25, -0.2) is 0 Å². The van der Waals surface area contributed by atoms with Crippen molar-refractivity contribution in [3.8, 4) is 0 Å². The Bertz CT molecular complexity index is 877. The average molecular weight is 371 g/mol. The zero-order chi connectivity index (χ0) is 19.4. The van der Waals surface area contributed by atoms with Gasteiger partial charge in [-0.2, -0.15) is 5.10 Å². The molecule has 0 aliphatic carbocycles. The molecule has 0 spiro atoms. The number of nitro benzene ring substituents is 1. The number of anilines is 1. The summed E-state index contributed by atoms with van der Waals surface area (Å²) in [5.74, 6) is 0.549. The number of carbonyl (C=O) groups excluding carboxylic acids is 1. The first-order valence-corrected chi connectivity index (χ1v) is 8.46. The fourth-order valence-corrected chi connectivity index (χ4v) is 2.97. The Morgan fingerprint density at radius 1 is 1.41 bits per heavy atom. The minimum Gasteiger partial charge on any atom is -0.352 e. The van der Waals surface area contributed by atoms with Crippen LogP contribution in [0.5, 0.6) is 0 Å². The lowest BCUT2D eigenvalue weighted by atomic mass is 10.2. The fraction of sp³-hybridized carbons (Fsp3) is 0.353. The number of nitro groups is 1. The van der Waals surface area contributed by atoms with Crippen LogP contribution in [0.25, 0.3) is 0 Å². The minimum atomic E-state index is -0.422. The molecule has 2 heterocycles. The molecule has 10 heteroatoms. The van der Waals surface area contributed by atoms with Crippen LogP contribution >= 0.6 is 0 Å². The molecule has 0 radical (unpaired) electrons. The number of non-ortho nitro benzene ring substituents is 1. The predicted octanol–water partition coefficient (Wildman–Crippen LogP) is 0.752. The molecule has 10 nitrogen and oxygen atoms in total. The molecule has 3 rings (SSSR count). The van der Waals surface area contributed by atoms with Gasteiger partial charge in [-0.1, -0.05) is 12.1 Å². The van der Waals surface area contributed by atoms with E-state index in [1.807, 2.05) is 18.1 Å². The van der Waals surface area contributed by atoms with Gasteiger partial charge in [0.05, 0.1) is 16.8 Å². The molecule has 1 saturated heterocycles. The molecule has 1 aliphatic rings. The summed E-state index contributed by atoms with van der Waals surface area (Å²) in [6, 6.07) is 6.42. The van der Waals surface area contributed by atoms with Gasteiger partial charge in [-0.15, -0.1) is 0 Å². The number of benzene rings is 1. The third-order valence-electron chi connectivity index (χ3n) is 4.31. The molecule has 0 saturated carbocycles. The molecule has 1 aromatic heterocycles. The topological polar surface area (TPSA) is 109 Å². The summed E-state index contributed by atoms with van der Waals surface area (Å²) in [5.41, 5.74) is 1.59. The summed E-state index contributed by atoms with van der Waals surface area (Å²) in [4.78, 5) is 30.8. The molecule has 2 aromatic rings. The van der Waals surface area contributed by atoms with Gasteiger partial charge >= 0.3 is 0 Å². The number of nitrogens with one attached hydrogen (secondary N) is 1. The lowest BCUT2D eigenvalue weighted by Crippen LogP contribution is -2.55. The van der Waals surface area contributed by atoms with Crippen molar-refractivity contribution >= 4 is 23.2 Å². The van der Waals surface area contributed by atoms with Gasteiger partial charge in [0, 0.05) is 52.1 Å². The SMILES string of the molecule is CN=C(NCc1cccc([N+](=O)[O-])c1)N1CCN(c2cnn(C)c2)C(=O)C1. The van der Waals surface area contributed by atoms with E-state index in [0.29, 0.717) is 25.6 Å². The maximum atomic E-state index is 12.5. The predicted molar refractivity (Wildman–Crippen MR) is 100 cm³/mol. The van der Waals surface area contributed by atoms with Crippen molar-refractivity contribution in [1.29, 1.82) is 0 Å². The van der Waals surface area contributed by atoms with Crippen molar-refractivity contribution in [3.05, 3.63) is 52.3 Å². The smallest absolute Gasteiger partial charge is 0.269 e. The monoisotopic (exact) mass is 371 g/mol. The molecule has 1 aromatic carbocycles. The number of aryl methyl sites for hydroxylation is 1. The van der Waals surface area contributed by atoms with E-state index in [9.17, 15) is 14.9 Å². The van der Waals surface area contributed by atoms with Crippen molar-refractivity contribution < 1.29 is 9.72 Å². The quantitative estimate of drug-likeness (QED) is 0.368. The van der Waals surface area contributed by atoms with E-state index in [0.717, 1.165) is 11.3 Å². The van der Waals surface area contributed by atoms with Crippen LogP contribution in [0.2, 0.25) is 0 Å². The van der Waals surface area contributed by atoms with Crippen LogP contribution in [0.4, 0.5) is 11.4 Å². The van der Waals surface area contributed by atoms with Crippen LogP contribution in [0, 0.1) is 10.1 Å². The molecule has 0 atom stereocenters. The summed E-state index contributed by atoms with van der Waals surface area (Å²) in [7, 11) is 3.46. The molecule has 0 unspecified atom stereocenters. The molecular formula is C17H21N7O3. The highest BCUT2D eigenvalue weighted by Crippen LogP contribution is 2.16. The lowest BCUT2D eigenvalue weighted by molar-refractivity contribution is -0.384. The van der Waals surface area contributed by atoms with Gasteiger partial charge in [0.2, 0.25) is 5.91 Å². The summed E-state index contributed by atoms with van der Waals surface area (Å²) >= 11 is 0. The zero-order valence-electron chi connectivity index (χ0n) is 15.2. The number of hydrogen-bond donors (Lipinski definition) is 1. The van der Waals surface area contributed by atoms with Crippen LogP contribution in [0.3, 0.4) is 0 Å². The van der Waals surface area contributed by atoms with Crippen molar-refractivity contribution in [2.45, 2.75) is 6.54 Å². The van der Waals surface area contributed by atoms with Gasteiger partial charge in [0.1, 0.15) is 6.54 Å². The van der Waals surface area contributed by atoms with Crippen molar-refractivity contribution in [2.75, 3.05) is 31.6 Å². The molecule has 1 N–H and O–H groups in total. The van der Waals surface area contributed by atoms with Gasteiger partial charge in [0.15, 0.2) is 5.96 Å². The molecule has 0 bridgehead atoms. The van der Waals surface area contributed by atoms with Crippen molar-refractivity contribution in [3.63, 3.8) is 0 Å². The van der Waals surface area contributed by atoms with E-state index >= 15 is 0 Å². The Morgan fingerprint density at radius 3 is 2.85 bits per heavy atom. The standard InChI is InChI=1S/C17H21N7O3/c1-18-17(19-9-13-4-3-5-14(8-13)24(26)27)22-6-7-23(16(25)12-22)15-10-20-21(2)11-15/h3-5,8,10-11H,6-7,9,12H2,1-2H3,(H,18,19). The maximum absolute atomic E-state index is 12.5. The average Bonchev–Trinajstić information content (AvgIpc) is 3.08. The fourth-order valence-electron chi connectivity index (χ4n) is 2.97. The summed E-state index contributed by atoms with van der Waals surface area (Å²) in [5, 5.41) is 18.2. The van der Waals surface area contributed by atoms with Crippen LogP contribution in [-0.4, -0.2) is 58.2 Å². The second-order valence-corrected chi connectivity index (χ2v) is 6.17. The van der Waals surface area contributed by atoms with Crippen LogP contribution in [0.1, 0.15) is 5.56 Å². The molecule has 1 amide bonds. The van der Waals surface area contributed by atoms with E-state index < -0.39 is 4.92 Å². The molecule has 1 fully saturated rings. The highest BCUT2D eigenvalue weighted by atomic mass is 16.6. The summed E-state index contributed by atoms with van der Waals surface area (Å²) in [6.07, 6.45) is 3.48. The summed E-state index contributed by atoms with van der Waals surface area (Å²) < 4.78 is 1.66. The third kappa shape index (κ3) is 4.22. The Kier molecular flexibility index (Phi) is 5.34. The number of aromatic nitrogens is 2. The molecule has 1 aliphatic heterocycles. The number of rotatable bonds is 4. The lowest BCUT2D eigenvalue weighted by Gasteiger charge is -2.35. The summed E-state index contributed by atoms with van der Waals surface area (Å²) in [6.45, 7) is 1.73. The number of hydrogen-bond acceptors (Lipinski definition) is 5. The van der Waals surface area contributed by atoms with E-state index in [-0.39, 0.29) is 18.1 Å². The number of amides is 1. The first kappa shape index (κ1) is 18.4. The second-order valence-electron chi connectivity index (χ2n) is 6.17. The maximum Gasteiger partial charge on any atom is 0.269 e. The number of guanidine groups is 1. The number of carbonyl (C=O) groups is 1. The normalized spacial score (nSPS) is 15.2. The largest absolute Gasteiger partial charge is 0.352 e. The van der Waals surface area contributed by atoms with Crippen LogP contribution < -0.4 is 10.2 Å². The molecule has 142 valence electrons. The number of aliphatic imine (C=N–C) groups is 1. The Hall–Kier alpha value is -3.43. The Labute approximate surface area is 156 Å². The van der Waals surface area contributed by atoms with E-state index in [1.54, 1.807) is 35.0 Å². The Morgan fingerprint density at radius 2 is 2.22 bits per heavy atom. The van der Waals surface area contributed by atoms with Crippen molar-refractivity contribution in [2.24, 2.45) is 12.0 Å². The van der Waals surface area contributed by atoms with Crippen molar-refractivity contribution in [1.82, 2.24) is 20.0 Å². The Balaban J connectivity index is 1.61. The third-order valence-corrected chi connectivity index (χ3v) is 4.31. The van der Waals surface area contributed by atoms with Gasteiger partial charge < -0.3 is 15.1 Å². The van der Waals surface area contributed by atoms with Crippen LogP contribution in [0.15, 0.2) is 41.7 Å². The first-order valence-electron chi connectivity index (χ1n) is 8.46. The minimum absolute atomic E-state index is 0.0347. The van der Waals surface area contributed by atoms with E-state index in [1.165, 1.54) is 12.1 Å². The van der Waals surface area contributed by atoms with E-state index in [4.69, 9.17) is 0 Å². The van der Waals surface area contributed by atoms with E-state index in [2.05, 4.69) is 15.4 Å². The number of nitrogens with zero attached hydrogens (tertiary/aromatic N) is 6. The van der Waals surface area contributed by atoms with Gasteiger partial charge in [0.25, 0.3) is 5.69 Å². The van der Waals surface area contributed by atoms with Gasteiger partial charge in [-0.3, -0.25) is 24.6 Å². The molecule has 27 heavy (non-hydrogen) atoms.